The molecule has 0 spiro atoms. The lowest BCUT2D eigenvalue weighted by atomic mass is 10.1. The summed E-state index contributed by atoms with van der Waals surface area (Å²) in [6.45, 7) is 1.68. The molecule has 0 unspecified atom stereocenters. The first-order valence-electron chi connectivity index (χ1n) is 6.32. The average Bonchev–Trinajstić information content (AvgIpc) is 2.48. The van der Waals surface area contributed by atoms with Gasteiger partial charge in [0.1, 0.15) is 5.75 Å². The van der Waals surface area contributed by atoms with Crippen molar-refractivity contribution in [1.82, 2.24) is 0 Å². The quantitative estimate of drug-likeness (QED) is 0.686. The van der Waals surface area contributed by atoms with E-state index in [0.29, 0.717) is 27.6 Å². The van der Waals surface area contributed by atoms with Crippen molar-refractivity contribution >= 4 is 28.9 Å². The van der Waals surface area contributed by atoms with Gasteiger partial charge in [-0.2, -0.15) is 0 Å². The number of carbonyl (C=O) groups is 1. The van der Waals surface area contributed by atoms with Gasteiger partial charge in [-0.15, -0.1) is 0 Å². The molecule has 0 aliphatic rings. The molecule has 2 rings (SSSR count). The van der Waals surface area contributed by atoms with Gasteiger partial charge < -0.3 is 10.1 Å². The second-order valence-electron chi connectivity index (χ2n) is 4.56. The van der Waals surface area contributed by atoms with Crippen molar-refractivity contribution in [1.29, 1.82) is 0 Å². The molecule has 22 heavy (non-hydrogen) atoms. The van der Waals surface area contributed by atoms with Crippen LogP contribution in [0.3, 0.4) is 0 Å². The zero-order valence-corrected chi connectivity index (χ0v) is 12.7. The minimum atomic E-state index is -0.484. The highest BCUT2D eigenvalue weighted by Gasteiger charge is 2.13. The third kappa shape index (κ3) is 3.35. The third-order valence-corrected chi connectivity index (χ3v) is 3.38. The lowest BCUT2D eigenvalue weighted by molar-refractivity contribution is -0.384. The number of nitro groups is 1. The van der Waals surface area contributed by atoms with Crippen LogP contribution in [-0.2, 0) is 0 Å². The van der Waals surface area contributed by atoms with Gasteiger partial charge in [-0.3, -0.25) is 14.9 Å². The predicted octanol–water partition coefficient (Wildman–Crippen LogP) is 3.82. The molecule has 0 radical (unpaired) electrons. The minimum absolute atomic E-state index is 0.0250. The number of benzene rings is 2. The van der Waals surface area contributed by atoms with Gasteiger partial charge in [0.2, 0.25) is 0 Å². The van der Waals surface area contributed by atoms with Crippen LogP contribution in [0.4, 0.5) is 11.4 Å². The van der Waals surface area contributed by atoms with Gasteiger partial charge in [-0.1, -0.05) is 11.6 Å². The molecule has 1 amide bonds. The summed E-state index contributed by atoms with van der Waals surface area (Å²) < 4.78 is 5.03. The van der Waals surface area contributed by atoms with Crippen LogP contribution in [0.5, 0.6) is 5.75 Å². The Morgan fingerprint density at radius 3 is 2.55 bits per heavy atom. The maximum absolute atomic E-state index is 12.2. The van der Waals surface area contributed by atoms with E-state index in [-0.39, 0.29) is 11.6 Å². The Labute approximate surface area is 131 Å². The highest BCUT2D eigenvalue weighted by molar-refractivity contribution is 6.32. The van der Waals surface area contributed by atoms with Crippen molar-refractivity contribution in [3.05, 3.63) is 62.7 Å². The summed E-state index contributed by atoms with van der Waals surface area (Å²) in [5.41, 5.74) is 1.44. The molecule has 0 fully saturated rings. The molecule has 2 aromatic rings. The number of carbonyl (C=O) groups excluding carboxylic acids is 1. The molecule has 0 aromatic heterocycles. The summed E-state index contributed by atoms with van der Waals surface area (Å²) in [6.07, 6.45) is 0. The second-order valence-corrected chi connectivity index (χ2v) is 4.97. The molecule has 0 saturated carbocycles. The summed E-state index contributed by atoms with van der Waals surface area (Å²) in [7, 11) is 1.49. The van der Waals surface area contributed by atoms with Crippen LogP contribution in [-0.4, -0.2) is 17.9 Å². The van der Waals surface area contributed by atoms with Crippen LogP contribution in [0.1, 0.15) is 15.9 Å². The number of hydrogen-bond acceptors (Lipinski definition) is 4. The number of aryl methyl sites for hydroxylation is 1. The van der Waals surface area contributed by atoms with Crippen LogP contribution >= 0.6 is 11.6 Å². The van der Waals surface area contributed by atoms with E-state index in [0.717, 1.165) is 0 Å². The first-order valence-corrected chi connectivity index (χ1v) is 6.70. The average molecular weight is 321 g/mol. The Bertz CT molecular complexity index is 746. The molecule has 0 bridgehead atoms. The standard InChI is InChI=1S/C15H13ClN2O4/c1-9-7-11(18(20)21)4-5-13(9)17-15(19)10-3-6-14(22-2)12(16)8-10/h3-8H,1-2H3,(H,17,19). The number of anilines is 1. The molecular weight excluding hydrogens is 308 g/mol. The van der Waals surface area contributed by atoms with Gasteiger partial charge >= 0.3 is 0 Å². The van der Waals surface area contributed by atoms with Gasteiger partial charge in [-0.25, -0.2) is 0 Å². The Morgan fingerprint density at radius 2 is 2.00 bits per heavy atom. The number of ether oxygens (including phenoxy) is 1. The molecule has 0 aliphatic heterocycles. The maximum atomic E-state index is 12.2. The molecule has 7 heteroatoms. The van der Waals surface area contributed by atoms with E-state index in [4.69, 9.17) is 16.3 Å². The fraction of sp³-hybridized carbons (Fsp3) is 0.133. The zero-order chi connectivity index (χ0) is 16.3. The summed E-state index contributed by atoms with van der Waals surface area (Å²) in [6, 6.07) is 8.91. The van der Waals surface area contributed by atoms with Gasteiger partial charge in [0.05, 0.1) is 17.1 Å². The van der Waals surface area contributed by atoms with E-state index < -0.39 is 4.92 Å². The van der Waals surface area contributed by atoms with Gasteiger partial charge in [-0.05, 0) is 36.8 Å². The predicted molar refractivity (Wildman–Crippen MR) is 83.8 cm³/mol. The van der Waals surface area contributed by atoms with Gasteiger partial charge in [0.25, 0.3) is 11.6 Å². The van der Waals surface area contributed by atoms with Gasteiger partial charge in [0.15, 0.2) is 0 Å². The Balaban J connectivity index is 2.22. The van der Waals surface area contributed by atoms with Crippen molar-refractivity contribution in [3.63, 3.8) is 0 Å². The zero-order valence-electron chi connectivity index (χ0n) is 11.9. The number of nitrogens with one attached hydrogen (secondary N) is 1. The number of rotatable bonds is 4. The van der Waals surface area contributed by atoms with Crippen LogP contribution in [0.2, 0.25) is 5.02 Å². The van der Waals surface area contributed by atoms with Crippen molar-refractivity contribution in [2.45, 2.75) is 6.92 Å². The van der Waals surface area contributed by atoms with Gasteiger partial charge in [0, 0.05) is 23.4 Å². The van der Waals surface area contributed by atoms with E-state index in [1.165, 1.54) is 31.4 Å². The molecule has 2 aromatic carbocycles. The lowest BCUT2D eigenvalue weighted by Gasteiger charge is -2.09. The van der Waals surface area contributed by atoms with Crippen LogP contribution in [0.25, 0.3) is 0 Å². The molecule has 0 atom stereocenters. The van der Waals surface area contributed by atoms with E-state index >= 15 is 0 Å². The molecule has 0 heterocycles. The number of amides is 1. The summed E-state index contributed by atoms with van der Waals surface area (Å²) in [5.74, 6) is 0.117. The van der Waals surface area contributed by atoms with Crippen molar-refractivity contribution in [2.75, 3.05) is 12.4 Å². The van der Waals surface area contributed by atoms with E-state index in [2.05, 4.69) is 5.32 Å². The number of non-ortho nitro benzene ring substituents is 1. The monoisotopic (exact) mass is 320 g/mol. The topological polar surface area (TPSA) is 81.5 Å². The normalized spacial score (nSPS) is 10.1. The first kappa shape index (κ1) is 15.8. The molecule has 0 saturated heterocycles. The number of nitrogens with zero attached hydrogens (tertiary/aromatic N) is 1. The Hall–Kier alpha value is -2.60. The fourth-order valence-corrected chi connectivity index (χ4v) is 2.16. The SMILES string of the molecule is COc1ccc(C(=O)Nc2ccc([N+](=O)[O-])cc2C)cc1Cl. The number of nitro benzene ring substituents is 1. The number of hydrogen-bond donors (Lipinski definition) is 1. The molecule has 114 valence electrons. The molecular formula is C15H13ClN2O4. The van der Waals surface area contributed by atoms with E-state index in [9.17, 15) is 14.9 Å². The first-order chi connectivity index (χ1) is 10.4. The van der Waals surface area contributed by atoms with Crippen molar-refractivity contribution in [3.8, 4) is 5.75 Å². The minimum Gasteiger partial charge on any atom is -0.495 e. The maximum Gasteiger partial charge on any atom is 0.269 e. The highest BCUT2D eigenvalue weighted by Crippen LogP contribution is 2.26. The Morgan fingerprint density at radius 1 is 1.27 bits per heavy atom. The van der Waals surface area contributed by atoms with E-state index in [1.54, 1.807) is 19.1 Å². The van der Waals surface area contributed by atoms with Crippen molar-refractivity contribution in [2.24, 2.45) is 0 Å². The third-order valence-electron chi connectivity index (χ3n) is 3.08. The second kappa shape index (κ2) is 6.44. The summed E-state index contributed by atoms with van der Waals surface area (Å²) in [5, 5.41) is 13.7. The summed E-state index contributed by atoms with van der Waals surface area (Å²) >= 11 is 5.98. The smallest absolute Gasteiger partial charge is 0.269 e. The number of halogens is 1. The number of methoxy groups -OCH3 is 1. The summed E-state index contributed by atoms with van der Waals surface area (Å²) in [4.78, 5) is 22.4. The fourth-order valence-electron chi connectivity index (χ4n) is 1.90. The molecule has 1 N–H and O–H groups in total. The van der Waals surface area contributed by atoms with Crippen LogP contribution < -0.4 is 10.1 Å². The van der Waals surface area contributed by atoms with E-state index in [1.807, 2.05) is 0 Å². The van der Waals surface area contributed by atoms with Crippen molar-refractivity contribution < 1.29 is 14.5 Å². The van der Waals surface area contributed by atoms with Crippen LogP contribution in [0.15, 0.2) is 36.4 Å². The van der Waals surface area contributed by atoms with Crippen LogP contribution in [0, 0.1) is 17.0 Å². The molecule has 0 aliphatic carbocycles. The molecule has 6 nitrogen and oxygen atoms in total. The largest absolute Gasteiger partial charge is 0.495 e. The highest BCUT2D eigenvalue weighted by atomic mass is 35.5. The Kier molecular flexibility index (Phi) is 4.62. The lowest BCUT2D eigenvalue weighted by Crippen LogP contribution is -2.12.